The number of benzene rings is 2. The van der Waals surface area contributed by atoms with Crippen LogP contribution in [0.5, 0.6) is 5.75 Å². The third kappa shape index (κ3) is 3.99. The molecule has 1 spiro atoms. The van der Waals surface area contributed by atoms with Crippen LogP contribution in [0.2, 0.25) is 0 Å². The number of hydrogen-bond acceptors (Lipinski definition) is 4. The predicted octanol–water partition coefficient (Wildman–Crippen LogP) is 4.29. The molecular formula is C27H34N2O3. The number of hydrogen-bond donors (Lipinski definition) is 1. The molecule has 3 aliphatic rings. The SMILES string of the molecule is COc1ccccc1C(=O)N1CCC2(CC1)CCC(O)(CN1CCc3ccccc31)CC2. The lowest BCUT2D eigenvalue weighted by Crippen LogP contribution is -2.50. The summed E-state index contributed by atoms with van der Waals surface area (Å²) in [6, 6.07) is 16.1. The Labute approximate surface area is 191 Å². The molecule has 5 nitrogen and oxygen atoms in total. The summed E-state index contributed by atoms with van der Waals surface area (Å²) in [5, 5.41) is 11.4. The van der Waals surface area contributed by atoms with Gasteiger partial charge >= 0.3 is 0 Å². The average molecular weight is 435 g/mol. The fourth-order valence-corrected chi connectivity index (χ4v) is 6.01. The summed E-state index contributed by atoms with van der Waals surface area (Å²) in [7, 11) is 1.61. The van der Waals surface area contributed by atoms with E-state index < -0.39 is 5.60 Å². The molecule has 2 fully saturated rings. The van der Waals surface area contributed by atoms with Gasteiger partial charge in [0.1, 0.15) is 5.75 Å². The molecule has 1 N–H and O–H groups in total. The van der Waals surface area contributed by atoms with Gasteiger partial charge in [-0.05, 0) is 74.1 Å². The summed E-state index contributed by atoms with van der Waals surface area (Å²) >= 11 is 0. The van der Waals surface area contributed by atoms with Gasteiger partial charge in [-0.3, -0.25) is 4.79 Å². The van der Waals surface area contributed by atoms with Crippen LogP contribution in [0, 0.1) is 5.41 Å². The van der Waals surface area contributed by atoms with Crippen LogP contribution in [0.3, 0.4) is 0 Å². The Bertz CT molecular complexity index is 970. The van der Waals surface area contributed by atoms with Crippen molar-refractivity contribution in [2.75, 3.05) is 38.2 Å². The number of β-amino-alcohol motifs (C(OH)–C–C–N with tert-alkyl or cyclic N) is 1. The Balaban J connectivity index is 1.18. The van der Waals surface area contributed by atoms with E-state index in [2.05, 4.69) is 29.2 Å². The second-order valence-corrected chi connectivity index (χ2v) is 10.0. The second-order valence-electron chi connectivity index (χ2n) is 10.0. The van der Waals surface area contributed by atoms with E-state index in [-0.39, 0.29) is 11.3 Å². The molecule has 0 atom stereocenters. The van der Waals surface area contributed by atoms with Crippen molar-refractivity contribution in [2.45, 2.75) is 50.5 Å². The van der Waals surface area contributed by atoms with Crippen LogP contribution < -0.4 is 9.64 Å². The summed E-state index contributed by atoms with van der Waals surface area (Å²) in [6.45, 7) is 3.31. The van der Waals surface area contributed by atoms with Crippen molar-refractivity contribution < 1.29 is 14.6 Å². The molecule has 2 aromatic carbocycles. The van der Waals surface area contributed by atoms with E-state index in [0.29, 0.717) is 11.3 Å². The first-order chi connectivity index (χ1) is 15.5. The molecule has 1 saturated heterocycles. The van der Waals surface area contributed by atoms with Gasteiger partial charge in [0, 0.05) is 31.9 Å². The summed E-state index contributed by atoms with van der Waals surface area (Å²) in [5.41, 5.74) is 3.01. The summed E-state index contributed by atoms with van der Waals surface area (Å²) in [5.74, 6) is 0.710. The number of likely N-dealkylation sites (tertiary alicyclic amines) is 1. The van der Waals surface area contributed by atoms with Crippen LogP contribution in [0.1, 0.15) is 54.4 Å². The minimum atomic E-state index is -0.604. The highest BCUT2D eigenvalue weighted by Crippen LogP contribution is 2.48. The van der Waals surface area contributed by atoms with E-state index in [9.17, 15) is 9.90 Å². The molecule has 0 radical (unpaired) electrons. The van der Waals surface area contributed by atoms with Gasteiger partial charge in [0.15, 0.2) is 0 Å². The Morgan fingerprint density at radius 2 is 1.62 bits per heavy atom. The maximum Gasteiger partial charge on any atom is 0.257 e. The van der Waals surface area contributed by atoms with Gasteiger partial charge in [-0.15, -0.1) is 0 Å². The van der Waals surface area contributed by atoms with Gasteiger partial charge in [0.2, 0.25) is 0 Å². The van der Waals surface area contributed by atoms with Gasteiger partial charge in [-0.25, -0.2) is 0 Å². The van der Waals surface area contributed by atoms with Gasteiger partial charge in [-0.2, -0.15) is 0 Å². The Morgan fingerprint density at radius 3 is 2.38 bits per heavy atom. The van der Waals surface area contributed by atoms with Crippen molar-refractivity contribution in [2.24, 2.45) is 5.41 Å². The number of rotatable bonds is 4. The van der Waals surface area contributed by atoms with Gasteiger partial charge in [-0.1, -0.05) is 30.3 Å². The molecule has 5 heteroatoms. The van der Waals surface area contributed by atoms with Crippen molar-refractivity contribution in [3.8, 4) is 5.75 Å². The van der Waals surface area contributed by atoms with E-state index in [1.54, 1.807) is 7.11 Å². The van der Waals surface area contributed by atoms with Gasteiger partial charge in [0.25, 0.3) is 5.91 Å². The number of piperidine rings is 1. The van der Waals surface area contributed by atoms with Crippen LogP contribution in [0.25, 0.3) is 0 Å². The minimum Gasteiger partial charge on any atom is -0.496 e. The van der Waals surface area contributed by atoms with Crippen LogP contribution in [-0.4, -0.2) is 54.8 Å². The zero-order chi connectivity index (χ0) is 22.2. The molecule has 2 aliphatic heterocycles. The predicted molar refractivity (Wildman–Crippen MR) is 126 cm³/mol. The number of fused-ring (bicyclic) bond motifs is 1. The van der Waals surface area contributed by atoms with E-state index in [0.717, 1.165) is 71.1 Å². The highest BCUT2D eigenvalue weighted by Gasteiger charge is 2.45. The third-order valence-electron chi connectivity index (χ3n) is 8.16. The Kier molecular flexibility index (Phi) is 5.62. The molecular weight excluding hydrogens is 400 g/mol. The highest BCUT2D eigenvalue weighted by atomic mass is 16.5. The first-order valence-electron chi connectivity index (χ1n) is 12.0. The fourth-order valence-electron chi connectivity index (χ4n) is 6.01. The normalized spacial score (nSPS) is 21.4. The largest absolute Gasteiger partial charge is 0.496 e. The third-order valence-corrected chi connectivity index (χ3v) is 8.16. The smallest absolute Gasteiger partial charge is 0.257 e. The van der Waals surface area contributed by atoms with Crippen LogP contribution >= 0.6 is 0 Å². The van der Waals surface area contributed by atoms with Crippen molar-refractivity contribution in [1.29, 1.82) is 0 Å². The van der Waals surface area contributed by atoms with Crippen molar-refractivity contribution in [3.63, 3.8) is 0 Å². The minimum absolute atomic E-state index is 0.0670. The number of amides is 1. The number of ether oxygens (including phenoxy) is 1. The van der Waals surface area contributed by atoms with E-state index in [1.165, 1.54) is 11.3 Å². The first-order valence-corrected chi connectivity index (χ1v) is 12.0. The van der Waals surface area contributed by atoms with Crippen LogP contribution in [0.15, 0.2) is 48.5 Å². The molecule has 0 aromatic heterocycles. The number of anilines is 1. The molecule has 2 aromatic rings. The molecule has 0 unspecified atom stereocenters. The summed E-state index contributed by atoms with van der Waals surface area (Å²) in [6.07, 6.45) is 6.93. The van der Waals surface area contributed by atoms with E-state index >= 15 is 0 Å². The Hall–Kier alpha value is -2.53. The number of aliphatic hydroxyl groups is 1. The number of carbonyl (C=O) groups is 1. The maximum atomic E-state index is 13.0. The monoisotopic (exact) mass is 434 g/mol. The van der Waals surface area contributed by atoms with Crippen molar-refractivity contribution in [1.82, 2.24) is 4.90 Å². The fraction of sp³-hybridized carbons (Fsp3) is 0.519. The van der Waals surface area contributed by atoms with Crippen molar-refractivity contribution in [3.05, 3.63) is 59.7 Å². The Morgan fingerprint density at radius 1 is 0.938 bits per heavy atom. The average Bonchev–Trinajstić information content (AvgIpc) is 3.24. The molecule has 1 saturated carbocycles. The van der Waals surface area contributed by atoms with Crippen molar-refractivity contribution >= 4 is 11.6 Å². The zero-order valence-corrected chi connectivity index (χ0v) is 19.1. The lowest BCUT2D eigenvalue weighted by molar-refractivity contribution is -0.0444. The topological polar surface area (TPSA) is 53.0 Å². The quantitative estimate of drug-likeness (QED) is 0.780. The lowest BCUT2D eigenvalue weighted by Gasteiger charge is -2.49. The molecule has 0 bridgehead atoms. The standard InChI is InChI=1S/C27H34N2O3/c1-32-24-9-5-3-7-22(24)25(30)28-18-15-26(16-19-28)11-13-27(31,14-12-26)20-29-17-10-21-6-2-4-8-23(21)29/h2-9,31H,10-20H2,1H3. The van der Waals surface area contributed by atoms with Gasteiger partial charge in [0.05, 0.1) is 18.3 Å². The number of para-hydroxylation sites is 2. The first kappa shape index (κ1) is 21.3. The summed E-state index contributed by atoms with van der Waals surface area (Å²) in [4.78, 5) is 17.4. The number of carbonyl (C=O) groups excluding carboxylic acids is 1. The number of methoxy groups -OCH3 is 1. The highest BCUT2D eigenvalue weighted by molar-refractivity contribution is 5.97. The molecule has 32 heavy (non-hydrogen) atoms. The zero-order valence-electron chi connectivity index (χ0n) is 19.1. The second kappa shape index (κ2) is 8.43. The van der Waals surface area contributed by atoms with Crippen LogP contribution in [-0.2, 0) is 6.42 Å². The molecule has 1 aliphatic carbocycles. The maximum absolute atomic E-state index is 13.0. The van der Waals surface area contributed by atoms with E-state index in [1.807, 2.05) is 29.2 Å². The molecule has 1 amide bonds. The molecule has 5 rings (SSSR count). The lowest BCUT2D eigenvalue weighted by atomic mass is 9.64. The molecule has 170 valence electrons. The number of nitrogens with zero attached hydrogens (tertiary/aromatic N) is 2. The van der Waals surface area contributed by atoms with Crippen LogP contribution in [0.4, 0.5) is 5.69 Å². The summed E-state index contributed by atoms with van der Waals surface area (Å²) < 4.78 is 5.39. The van der Waals surface area contributed by atoms with Gasteiger partial charge < -0.3 is 19.6 Å². The molecule has 2 heterocycles. The van der Waals surface area contributed by atoms with E-state index in [4.69, 9.17) is 4.74 Å².